The molecular weight excluding hydrogens is 524 g/mol. The van der Waals surface area contributed by atoms with Crippen LogP contribution in [0.1, 0.15) is 93.9 Å². The molecule has 10 nitrogen and oxygen atoms in total. The highest BCUT2D eigenvalue weighted by Gasteiger charge is 2.79. The van der Waals surface area contributed by atoms with Gasteiger partial charge < -0.3 is 46.7 Å². The first-order valence-corrected chi connectivity index (χ1v) is 16.5. The largest absolute Gasteiger partial charge is 0.466 e. The van der Waals surface area contributed by atoms with Crippen molar-refractivity contribution in [2.75, 3.05) is 54.9 Å². The van der Waals surface area contributed by atoms with E-state index in [1.165, 1.54) is 0 Å². The summed E-state index contributed by atoms with van der Waals surface area (Å²) >= 11 is 0. The van der Waals surface area contributed by atoms with E-state index in [1.807, 2.05) is 55.4 Å². The maximum Gasteiger partial charge on any atom is 0.466 e. The molecule has 0 spiro atoms. The zero-order chi connectivity index (χ0) is 30.0. The van der Waals surface area contributed by atoms with Crippen LogP contribution in [0.5, 0.6) is 0 Å². The molecular formula is C28H60O10Si. The molecule has 0 aliphatic rings. The van der Waals surface area contributed by atoms with Crippen molar-refractivity contribution < 1.29 is 46.7 Å². The predicted molar refractivity (Wildman–Crippen MR) is 153 cm³/mol. The first-order chi connectivity index (χ1) is 18.7. The Bertz CT molecular complexity index is 543. The van der Waals surface area contributed by atoms with E-state index in [-0.39, 0.29) is 0 Å². The molecule has 0 bridgehead atoms. The fourth-order valence-corrected chi connectivity index (χ4v) is 8.76. The van der Waals surface area contributed by atoms with E-state index in [1.54, 1.807) is 28.4 Å². The van der Waals surface area contributed by atoms with Crippen molar-refractivity contribution in [1.29, 1.82) is 0 Å². The van der Waals surface area contributed by atoms with Gasteiger partial charge in [-0.15, -0.1) is 0 Å². The Labute approximate surface area is 239 Å². The molecule has 39 heavy (non-hydrogen) atoms. The molecule has 0 N–H and O–H groups in total. The van der Waals surface area contributed by atoms with Crippen LogP contribution >= 0.6 is 0 Å². The van der Waals surface area contributed by atoms with Gasteiger partial charge in [-0.3, -0.25) is 0 Å². The van der Waals surface area contributed by atoms with Crippen molar-refractivity contribution in [3.63, 3.8) is 0 Å². The molecule has 0 saturated carbocycles. The summed E-state index contributed by atoms with van der Waals surface area (Å²) in [4.78, 5) is 0. The minimum absolute atomic E-state index is 0.344. The molecule has 0 aromatic heterocycles. The quantitative estimate of drug-likeness (QED) is 0.0962. The molecule has 0 amide bonds. The first-order valence-electron chi connectivity index (χ1n) is 14.7. The average molecular weight is 585 g/mol. The SMILES string of the molecule is CCCOC(C)C(OCCC)(OC(CC)OC)[Si](OC)(OC)C(OCCC)(OC(CC)OC)C(C)OCCC. The van der Waals surface area contributed by atoms with Gasteiger partial charge >= 0.3 is 8.56 Å². The van der Waals surface area contributed by atoms with Crippen molar-refractivity contribution >= 4 is 8.56 Å². The summed E-state index contributed by atoms with van der Waals surface area (Å²) in [5.74, 6) is 0. The van der Waals surface area contributed by atoms with Crippen LogP contribution in [0.15, 0.2) is 0 Å². The van der Waals surface area contributed by atoms with Gasteiger partial charge in [0.2, 0.25) is 10.8 Å². The lowest BCUT2D eigenvalue weighted by Crippen LogP contribution is -2.84. The van der Waals surface area contributed by atoms with E-state index in [0.29, 0.717) is 52.1 Å². The highest BCUT2D eigenvalue weighted by atomic mass is 28.4. The molecule has 0 saturated heterocycles. The molecule has 0 aliphatic carbocycles. The number of ether oxygens (including phenoxy) is 8. The summed E-state index contributed by atoms with van der Waals surface area (Å²) in [6.07, 6.45) is 1.52. The predicted octanol–water partition coefficient (Wildman–Crippen LogP) is 5.47. The molecule has 6 atom stereocenters. The van der Waals surface area contributed by atoms with Crippen molar-refractivity contribution in [2.24, 2.45) is 0 Å². The minimum atomic E-state index is -4.09. The molecule has 0 rings (SSSR count). The van der Waals surface area contributed by atoms with Crippen molar-refractivity contribution in [3.05, 3.63) is 0 Å². The van der Waals surface area contributed by atoms with Gasteiger partial charge in [0.1, 0.15) is 12.2 Å². The Morgan fingerprint density at radius 2 is 0.872 bits per heavy atom. The fraction of sp³-hybridized carbons (Fsp3) is 1.00. The summed E-state index contributed by atoms with van der Waals surface area (Å²) in [6, 6.07) is 0. The monoisotopic (exact) mass is 584 g/mol. The lowest BCUT2D eigenvalue weighted by atomic mass is 10.3. The van der Waals surface area contributed by atoms with Crippen molar-refractivity contribution in [3.8, 4) is 0 Å². The Kier molecular flexibility index (Phi) is 20.6. The van der Waals surface area contributed by atoms with E-state index in [0.717, 1.165) is 12.8 Å². The number of hydrogen-bond acceptors (Lipinski definition) is 10. The molecule has 0 heterocycles. The molecule has 11 heteroatoms. The Morgan fingerprint density at radius 1 is 0.538 bits per heavy atom. The molecule has 6 unspecified atom stereocenters. The highest BCUT2D eigenvalue weighted by Crippen LogP contribution is 2.46. The summed E-state index contributed by atoms with van der Waals surface area (Å²) in [7, 11) is 2.27. The summed E-state index contributed by atoms with van der Waals surface area (Å²) in [5, 5.41) is 0. The topological polar surface area (TPSA) is 92.3 Å². The van der Waals surface area contributed by atoms with Gasteiger partial charge in [-0.1, -0.05) is 41.5 Å². The fourth-order valence-electron chi connectivity index (χ4n) is 4.57. The van der Waals surface area contributed by atoms with Crippen LogP contribution in [-0.4, -0.2) is 99.0 Å². The summed E-state index contributed by atoms with van der Waals surface area (Å²) in [5.41, 5.74) is -3.19. The van der Waals surface area contributed by atoms with Crippen LogP contribution < -0.4 is 0 Å². The molecule has 236 valence electrons. The van der Waals surface area contributed by atoms with Gasteiger partial charge in [0.25, 0.3) is 0 Å². The standard InChI is InChI=1S/C28H60O10Si/c1-13-19-33-23(7)27(35-21-15-3,37-25(17-5)29-9)39(31-11,32-12)28(36-22-16-4,24(8)34-20-14-2)38-26(18-6)30-10/h23-26H,13-22H2,1-12H3. The second kappa shape index (κ2) is 20.7. The highest BCUT2D eigenvalue weighted by molar-refractivity contribution is 6.73. The van der Waals surface area contributed by atoms with Crippen LogP contribution in [0.4, 0.5) is 0 Å². The maximum absolute atomic E-state index is 6.82. The number of hydrogen-bond donors (Lipinski definition) is 0. The Morgan fingerprint density at radius 3 is 1.10 bits per heavy atom. The maximum atomic E-state index is 6.82. The smallest absolute Gasteiger partial charge is 0.391 e. The molecule has 0 radical (unpaired) electrons. The average Bonchev–Trinajstić information content (AvgIpc) is 2.96. The summed E-state index contributed by atoms with van der Waals surface area (Å²) in [6.45, 7) is 17.6. The van der Waals surface area contributed by atoms with E-state index in [2.05, 4.69) is 0 Å². The molecule has 0 fully saturated rings. The lowest BCUT2D eigenvalue weighted by Gasteiger charge is -2.56. The third-order valence-corrected chi connectivity index (χ3v) is 10.9. The second-order valence-electron chi connectivity index (χ2n) is 9.47. The van der Waals surface area contributed by atoms with Crippen LogP contribution in [0.25, 0.3) is 0 Å². The minimum Gasteiger partial charge on any atom is -0.391 e. The van der Waals surface area contributed by atoms with Crippen LogP contribution in [0.2, 0.25) is 0 Å². The Hall–Kier alpha value is -0.183. The first kappa shape index (κ1) is 38.8. The van der Waals surface area contributed by atoms with Gasteiger partial charge in [-0.25, -0.2) is 0 Å². The third-order valence-electron chi connectivity index (χ3n) is 6.55. The second-order valence-corrected chi connectivity index (χ2v) is 12.9. The van der Waals surface area contributed by atoms with Gasteiger partial charge in [0.05, 0.1) is 0 Å². The van der Waals surface area contributed by atoms with Crippen LogP contribution in [-0.2, 0) is 46.7 Å². The normalized spacial score (nSPS) is 18.8. The number of methoxy groups -OCH3 is 2. The molecule has 0 aromatic rings. The lowest BCUT2D eigenvalue weighted by molar-refractivity contribution is -0.353. The Balaban J connectivity index is 7.79. The number of rotatable bonds is 26. The van der Waals surface area contributed by atoms with Crippen molar-refractivity contribution in [2.45, 2.75) is 130 Å². The molecule has 0 aromatic carbocycles. The molecule has 0 aliphatic heterocycles. The van der Waals surface area contributed by atoms with Crippen molar-refractivity contribution in [1.82, 2.24) is 0 Å². The zero-order valence-electron chi connectivity index (χ0n) is 27.0. The van der Waals surface area contributed by atoms with Gasteiger partial charge in [0, 0.05) is 54.9 Å². The van der Waals surface area contributed by atoms with Gasteiger partial charge in [-0.05, 0) is 52.4 Å². The van der Waals surface area contributed by atoms with E-state index < -0.39 is 44.2 Å². The van der Waals surface area contributed by atoms with E-state index in [4.69, 9.17) is 46.7 Å². The van der Waals surface area contributed by atoms with E-state index >= 15 is 0 Å². The van der Waals surface area contributed by atoms with Crippen LogP contribution in [0.3, 0.4) is 0 Å². The van der Waals surface area contributed by atoms with Crippen LogP contribution in [0, 0.1) is 0 Å². The summed E-state index contributed by atoms with van der Waals surface area (Å²) < 4.78 is 64.4. The third kappa shape index (κ3) is 9.41. The van der Waals surface area contributed by atoms with E-state index in [9.17, 15) is 0 Å². The zero-order valence-corrected chi connectivity index (χ0v) is 28.0. The van der Waals surface area contributed by atoms with Gasteiger partial charge in [0.15, 0.2) is 12.6 Å². The van der Waals surface area contributed by atoms with Gasteiger partial charge in [-0.2, -0.15) is 0 Å².